The van der Waals surface area contributed by atoms with Crippen molar-refractivity contribution in [2.24, 2.45) is 0 Å². The number of benzene rings is 1. The lowest BCUT2D eigenvalue weighted by molar-refractivity contribution is -0.138. The Bertz CT molecular complexity index is 570. The SMILES string of the molecule is CCCCCCCCCCCC(C)OC(=O)c1cc(F)ccc1C(F)(F)F. The van der Waals surface area contributed by atoms with Gasteiger partial charge in [0, 0.05) is 0 Å². The molecule has 1 atom stereocenters. The summed E-state index contributed by atoms with van der Waals surface area (Å²) in [5, 5.41) is 0. The summed E-state index contributed by atoms with van der Waals surface area (Å²) >= 11 is 0. The number of hydrogen-bond acceptors (Lipinski definition) is 2. The summed E-state index contributed by atoms with van der Waals surface area (Å²) < 4.78 is 57.3. The molecule has 0 saturated carbocycles. The first-order valence-electron chi connectivity index (χ1n) is 9.83. The van der Waals surface area contributed by atoms with E-state index in [2.05, 4.69) is 6.92 Å². The second-order valence-corrected chi connectivity index (χ2v) is 7.02. The van der Waals surface area contributed by atoms with Crippen LogP contribution in [0.3, 0.4) is 0 Å². The smallest absolute Gasteiger partial charge is 0.417 e. The van der Waals surface area contributed by atoms with Gasteiger partial charge in [-0.3, -0.25) is 0 Å². The summed E-state index contributed by atoms with van der Waals surface area (Å²) in [4.78, 5) is 12.0. The normalized spacial score (nSPS) is 12.8. The van der Waals surface area contributed by atoms with Gasteiger partial charge in [-0.2, -0.15) is 13.2 Å². The Balaban J connectivity index is 2.36. The first-order chi connectivity index (χ1) is 12.8. The van der Waals surface area contributed by atoms with Crippen molar-refractivity contribution in [1.29, 1.82) is 0 Å². The number of carbonyl (C=O) groups excluding carboxylic acids is 1. The predicted molar refractivity (Wildman–Crippen MR) is 98.1 cm³/mol. The first kappa shape index (κ1) is 23.4. The standard InChI is InChI=1S/C21H30F4O2/c1-3-4-5-6-7-8-9-10-11-12-16(2)27-20(26)18-15-17(22)13-14-19(18)21(23,24)25/h13-16H,3-12H2,1-2H3. The molecule has 27 heavy (non-hydrogen) atoms. The summed E-state index contributed by atoms with van der Waals surface area (Å²) in [5.41, 5.74) is -1.95. The summed E-state index contributed by atoms with van der Waals surface area (Å²) in [6.45, 7) is 3.83. The second kappa shape index (κ2) is 12.0. The van der Waals surface area contributed by atoms with Gasteiger partial charge in [-0.05, 0) is 38.0 Å². The Hall–Kier alpha value is -1.59. The van der Waals surface area contributed by atoms with Crippen LogP contribution in [0, 0.1) is 5.82 Å². The number of alkyl halides is 3. The Kier molecular flexibility index (Phi) is 10.4. The quantitative estimate of drug-likeness (QED) is 0.212. The summed E-state index contributed by atoms with van der Waals surface area (Å²) in [5.74, 6) is -2.04. The maximum atomic E-state index is 13.3. The van der Waals surface area contributed by atoms with Crippen LogP contribution in [-0.2, 0) is 10.9 Å². The van der Waals surface area contributed by atoms with Crippen molar-refractivity contribution in [2.75, 3.05) is 0 Å². The predicted octanol–water partition coefficient (Wildman–Crippen LogP) is 7.31. The van der Waals surface area contributed by atoms with Crippen LogP contribution < -0.4 is 0 Å². The molecule has 1 aromatic rings. The fraction of sp³-hybridized carbons (Fsp3) is 0.667. The van der Waals surface area contributed by atoms with Crippen molar-refractivity contribution in [3.63, 3.8) is 0 Å². The Morgan fingerprint density at radius 2 is 1.56 bits per heavy atom. The van der Waals surface area contributed by atoms with E-state index in [-0.39, 0.29) is 0 Å². The number of esters is 1. The molecule has 0 heterocycles. The highest BCUT2D eigenvalue weighted by atomic mass is 19.4. The summed E-state index contributed by atoms with van der Waals surface area (Å²) in [7, 11) is 0. The molecule has 0 fully saturated rings. The third-order valence-corrected chi connectivity index (χ3v) is 4.53. The monoisotopic (exact) mass is 390 g/mol. The van der Waals surface area contributed by atoms with Crippen LogP contribution in [0.15, 0.2) is 18.2 Å². The number of unbranched alkanes of at least 4 members (excludes halogenated alkanes) is 8. The molecule has 0 N–H and O–H groups in total. The number of halogens is 4. The van der Waals surface area contributed by atoms with Gasteiger partial charge < -0.3 is 4.74 Å². The average molecular weight is 390 g/mol. The van der Waals surface area contributed by atoms with Gasteiger partial charge >= 0.3 is 12.1 Å². The number of rotatable bonds is 12. The van der Waals surface area contributed by atoms with Crippen molar-refractivity contribution < 1.29 is 27.1 Å². The second-order valence-electron chi connectivity index (χ2n) is 7.02. The molecule has 154 valence electrons. The maximum absolute atomic E-state index is 13.3. The minimum absolute atomic E-state index is 0.508. The molecule has 0 aromatic heterocycles. The lowest BCUT2D eigenvalue weighted by Crippen LogP contribution is -2.19. The van der Waals surface area contributed by atoms with Gasteiger partial charge in [-0.25, -0.2) is 9.18 Å². The molecule has 0 bridgehead atoms. The molecule has 0 aliphatic rings. The molecular formula is C21H30F4O2. The molecule has 1 rings (SSSR count). The van der Waals surface area contributed by atoms with E-state index in [0.717, 1.165) is 19.3 Å². The Morgan fingerprint density at radius 3 is 2.11 bits per heavy atom. The zero-order valence-corrected chi connectivity index (χ0v) is 16.2. The van der Waals surface area contributed by atoms with Gasteiger partial charge in [-0.15, -0.1) is 0 Å². The molecule has 0 aliphatic carbocycles. The topological polar surface area (TPSA) is 26.3 Å². The van der Waals surface area contributed by atoms with E-state index in [0.29, 0.717) is 24.6 Å². The van der Waals surface area contributed by atoms with Crippen LogP contribution in [0.5, 0.6) is 0 Å². The molecule has 0 saturated heterocycles. The zero-order valence-electron chi connectivity index (χ0n) is 16.2. The minimum atomic E-state index is -4.73. The average Bonchev–Trinajstić information content (AvgIpc) is 2.59. The first-order valence-corrected chi connectivity index (χ1v) is 9.83. The van der Waals surface area contributed by atoms with Gasteiger partial charge in [0.05, 0.1) is 17.2 Å². The molecule has 0 aliphatic heterocycles. The van der Waals surface area contributed by atoms with E-state index in [1.807, 2.05) is 0 Å². The molecule has 0 radical (unpaired) electrons. The number of hydrogen-bond donors (Lipinski definition) is 0. The third-order valence-electron chi connectivity index (χ3n) is 4.53. The van der Waals surface area contributed by atoms with Crippen LogP contribution in [0.25, 0.3) is 0 Å². The van der Waals surface area contributed by atoms with Crippen LogP contribution in [0.1, 0.15) is 94.0 Å². The molecule has 1 unspecified atom stereocenters. The summed E-state index contributed by atoms with van der Waals surface area (Å²) in [6, 6.07) is 1.83. The van der Waals surface area contributed by atoms with E-state index in [4.69, 9.17) is 4.74 Å². The third kappa shape index (κ3) is 9.25. The van der Waals surface area contributed by atoms with Gasteiger partial charge in [0.1, 0.15) is 5.82 Å². The lowest BCUT2D eigenvalue weighted by atomic mass is 10.1. The Labute approximate surface area is 159 Å². The largest absolute Gasteiger partial charge is 0.459 e. The van der Waals surface area contributed by atoms with Crippen molar-refractivity contribution in [3.05, 3.63) is 35.1 Å². The fourth-order valence-corrected chi connectivity index (χ4v) is 2.98. The van der Waals surface area contributed by atoms with Crippen molar-refractivity contribution in [3.8, 4) is 0 Å². The highest BCUT2D eigenvalue weighted by Gasteiger charge is 2.36. The van der Waals surface area contributed by atoms with Crippen LogP contribution >= 0.6 is 0 Å². The van der Waals surface area contributed by atoms with Gasteiger partial charge in [0.15, 0.2) is 0 Å². The van der Waals surface area contributed by atoms with Crippen LogP contribution in [-0.4, -0.2) is 12.1 Å². The van der Waals surface area contributed by atoms with E-state index >= 15 is 0 Å². The van der Waals surface area contributed by atoms with Crippen LogP contribution in [0.2, 0.25) is 0 Å². The molecule has 0 amide bonds. The molecular weight excluding hydrogens is 360 g/mol. The highest BCUT2D eigenvalue weighted by molar-refractivity contribution is 5.91. The molecule has 2 nitrogen and oxygen atoms in total. The van der Waals surface area contributed by atoms with Crippen molar-refractivity contribution in [1.82, 2.24) is 0 Å². The molecule has 1 aromatic carbocycles. The van der Waals surface area contributed by atoms with Crippen molar-refractivity contribution >= 4 is 5.97 Å². The van der Waals surface area contributed by atoms with Gasteiger partial charge in [-0.1, -0.05) is 58.3 Å². The van der Waals surface area contributed by atoms with E-state index in [1.54, 1.807) is 6.92 Å². The highest BCUT2D eigenvalue weighted by Crippen LogP contribution is 2.33. The number of ether oxygens (including phenoxy) is 1. The lowest BCUT2D eigenvalue weighted by Gasteiger charge is -2.16. The summed E-state index contributed by atoms with van der Waals surface area (Å²) in [6.07, 6.45) is 5.76. The van der Waals surface area contributed by atoms with E-state index in [1.165, 1.54) is 38.5 Å². The van der Waals surface area contributed by atoms with Gasteiger partial charge in [0.25, 0.3) is 0 Å². The minimum Gasteiger partial charge on any atom is -0.459 e. The fourth-order valence-electron chi connectivity index (χ4n) is 2.98. The van der Waals surface area contributed by atoms with E-state index < -0.39 is 35.2 Å². The molecule has 0 spiro atoms. The van der Waals surface area contributed by atoms with Gasteiger partial charge in [0.2, 0.25) is 0 Å². The zero-order chi connectivity index (χ0) is 20.3. The van der Waals surface area contributed by atoms with E-state index in [9.17, 15) is 22.4 Å². The maximum Gasteiger partial charge on any atom is 0.417 e. The van der Waals surface area contributed by atoms with Crippen molar-refractivity contribution in [2.45, 2.75) is 90.3 Å². The Morgan fingerprint density at radius 1 is 1.00 bits per heavy atom. The molecule has 6 heteroatoms. The van der Waals surface area contributed by atoms with Crippen LogP contribution in [0.4, 0.5) is 17.6 Å². The number of carbonyl (C=O) groups is 1.